The summed E-state index contributed by atoms with van der Waals surface area (Å²) < 4.78 is 5.93. The van der Waals surface area contributed by atoms with Crippen LogP contribution in [0.2, 0.25) is 5.02 Å². The lowest BCUT2D eigenvalue weighted by Crippen LogP contribution is -2.43. The molecule has 2 atom stereocenters. The standard InChI is InChI=1S/C16H23ClN2O/c1-2-7-18-9-12-8-13(17)3-6-16(12)19-10-14-4-5-15(11-19)20-14/h3,6,8,14-15,18H,2,4-5,7,9-11H2,1H3. The summed E-state index contributed by atoms with van der Waals surface area (Å²) >= 11 is 6.17. The Kier molecular flexibility index (Phi) is 4.49. The van der Waals surface area contributed by atoms with Gasteiger partial charge in [-0.1, -0.05) is 18.5 Å². The highest BCUT2D eigenvalue weighted by atomic mass is 35.5. The van der Waals surface area contributed by atoms with Crippen LogP contribution in [0.5, 0.6) is 0 Å². The minimum Gasteiger partial charge on any atom is -0.371 e. The first-order chi connectivity index (χ1) is 9.76. The van der Waals surface area contributed by atoms with Crippen molar-refractivity contribution in [2.24, 2.45) is 0 Å². The Morgan fingerprint density at radius 3 is 2.75 bits per heavy atom. The zero-order valence-electron chi connectivity index (χ0n) is 12.1. The van der Waals surface area contributed by atoms with Gasteiger partial charge in [0.25, 0.3) is 0 Å². The first-order valence-corrected chi connectivity index (χ1v) is 8.03. The van der Waals surface area contributed by atoms with Crippen molar-refractivity contribution >= 4 is 17.3 Å². The summed E-state index contributed by atoms with van der Waals surface area (Å²) in [4.78, 5) is 2.48. The van der Waals surface area contributed by atoms with Crippen LogP contribution in [-0.2, 0) is 11.3 Å². The third-order valence-corrected chi connectivity index (χ3v) is 4.40. The number of ether oxygens (including phenoxy) is 1. The first kappa shape index (κ1) is 14.2. The molecule has 2 aliphatic heterocycles. The van der Waals surface area contributed by atoms with Gasteiger partial charge in [-0.25, -0.2) is 0 Å². The second-order valence-electron chi connectivity index (χ2n) is 5.81. The molecule has 2 unspecified atom stereocenters. The fraction of sp³-hybridized carbons (Fsp3) is 0.625. The maximum absolute atomic E-state index is 6.17. The number of benzene rings is 1. The van der Waals surface area contributed by atoms with Crippen LogP contribution in [0.25, 0.3) is 0 Å². The molecular formula is C16H23ClN2O. The van der Waals surface area contributed by atoms with Gasteiger partial charge < -0.3 is 15.0 Å². The molecule has 0 spiro atoms. The maximum atomic E-state index is 6.17. The predicted octanol–water partition coefficient (Wildman–Crippen LogP) is 3.21. The van der Waals surface area contributed by atoms with Gasteiger partial charge in [0.05, 0.1) is 12.2 Å². The van der Waals surface area contributed by atoms with E-state index in [1.807, 2.05) is 6.07 Å². The monoisotopic (exact) mass is 294 g/mol. The molecule has 3 rings (SSSR count). The average Bonchev–Trinajstić information content (AvgIpc) is 2.78. The van der Waals surface area contributed by atoms with Gasteiger partial charge in [0, 0.05) is 30.3 Å². The van der Waals surface area contributed by atoms with Gasteiger partial charge in [-0.05, 0) is 49.6 Å². The van der Waals surface area contributed by atoms with Gasteiger partial charge in [-0.2, -0.15) is 0 Å². The number of anilines is 1. The van der Waals surface area contributed by atoms with Crippen LogP contribution in [0.4, 0.5) is 5.69 Å². The number of nitrogens with one attached hydrogen (secondary N) is 1. The molecule has 20 heavy (non-hydrogen) atoms. The molecule has 2 bridgehead atoms. The molecule has 1 aromatic carbocycles. The van der Waals surface area contributed by atoms with E-state index < -0.39 is 0 Å². The molecule has 1 aromatic rings. The van der Waals surface area contributed by atoms with E-state index in [0.29, 0.717) is 12.2 Å². The van der Waals surface area contributed by atoms with Crippen molar-refractivity contribution in [2.45, 2.75) is 44.9 Å². The highest BCUT2D eigenvalue weighted by Gasteiger charge is 2.34. The smallest absolute Gasteiger partial charge is 0.0755 e. The van der Waals surface area contributed by atoms with E-state index in [1.165, 1.54) is 24.1 Å². The fourth-order valence-corrected chi connectivity index (χ4v) is 3.41. The summed E-state index contributed by atoms with van der Waals surface area (Å²) in [5.41, 5.74) is 2.62. The SMILES string of the molecule is CCCNCc1cc(Cl)ccc1N1CC2CCC(C1)O2. The lowest BCUT2D eigenvalue weighted by Gasteiger charge is -2.35. The van der Waals surface area contributed by atoms with E-state index in [4.69, 9.17) is 16.3 Å². The van der Waals surface area contributed by atoms with Crippen LogP contribution in [0, 0.1) is 0 Å². The Hall–Kier alpha value is -0.770. The number of nitrogens with zero attached hydrogens (tertiary/aromatic N) is 1. The zero-order chi connectivity index (χ0) is 13.9. The number of hydrogen-bond acceptors (Lipinski definition) is 3. The Bertz CT molecular complexity index is 454. The normalized spacial score (nSPS) is 25.2. The zero-order valence-corrected chi connectivity index (χ0v) is 12.8. The van der Waals surface area contributed by atoms with Gasteiger partial charge in [0.2, 0.25) is 0 Å². The first-order valence-electron chi connectivity index (χ1n) is 7.66. The van der Waals surface area contributed by atoms with Crippen molar-refractivity contribution in [1.29, 1.82) is 0 Å². The average molecular weight is 295 g/mol. The van der Waals surface area contributed by atoms with Crippen LogP contribution >= 0.6 is 11.6 Å². The van der Waals surface area contributed by atoms with E-state index in [2.05, 4.69) is 29.3 Å². The van der Waals surface area contributed by atoms with E-state index in [1.54, 1.807) is 0 Å². The van der Waals surface area contributed by atoms with Crippen molar-refractivity contribution in [1.82, 2.24) is 5.32 Å². The van der Waals surface area contributed by atoms with Gasteiger partial charge >= 0.3 is 0 Å². The molecular weight excluding hydrogens is 272 g/mol. The van der Waals surface area contributed by atoms with Crippen molar-refractivity contribution in [3.05, 3.63) is 28.8 Å². The largest absolute Gasteiger partial charge is 0.371 e. The van der Waals surface area contributed by atoms with E-state index in [9.17, 15) is 0 Å². The third kappa shape index (κ3) is 3.11. The molecule has 1 N–H and O–H groups in total. The summed E-state index contributed by atoms with van der Waals surface area (Å²) in [5.74, 6) is 0. The summed E-state index contributed by atoms with van der Waals surface area (Å²) in [5, 5.41) is 4.30. The lowest BCUT2D eigenvalue weighted by atomic mass is 10.1. The van der Waals surface area contributed by atoms with Gasteiger partial charge in [-0.15, -0.1) is 0 Å². The molecule has 0 amide bonds. The number of fused-ring (bicyclic) bond motifs is 2. The highest BCUT2D eigenvalue weighted by Crippen LogP contribution is 2.32. The molecule has 0 aromatic heterocycles. The minimum atomic E-state index is 0.417. The van der Waals surface area contributed by atoms with Crippen molar-refractivity contribution in [3.8, 4) is 0 Å². The number of rotatable bonds is 5. The second kappa shape index (κ2) is 6.33. The van der Waals surface area contributed by atoms with Crippen molar-refractivity contribution < 1.29 is 4.74 Å². The van der Waals surface area contributed by atoms with Gasteiger partial charge in [0.1, 0.15) is 0 Å². The number of hydrogen-bond donors (Lipinski definition) is 1. The molecule has 0 aliphatic carbocycles. The molecule has 3 nitrogen and oxygen atoms in total. The molecule has 2 aliphatic rings. The summed E-state index contributed by atoms with van der Waals surface area (Å²) in [6, 6.07) is 6.25. The molecule has 2 heterocycles. The van der Waals surface area contributed by atoms with Crippen molar-refractivity contribution in [2.75, 3.05) is 24.5 Å². The Balaban J connectivity index is 1.77. The molecule has 2 saturated heterocycles. The van der Waals surface area contributed by atoms with Gasteiger partial charge in [-0.3, -0.25) is 0 Å². The van der Waals surface area contributed by atoms with E-state index in [-0.39, 0.29) is 0 Å². The highest BCUT2D eigenvalue weighted by molar-refractivity contribution is 6.30. The minimum absolute atomic E-state index is 0.417. The van der Waals surface area contributed by atoms with Crippen LogP contribution in [0.15, 0.2) is 18.2 Å². The summed E-state index contributed by atoms with van der Waals surface area (Å²) in [7, 11) is 0. The lowest BCUT2D eigenvalue weighted by molar-refractivity contribution is 0.0304. The van der Waals surface area contributed by atoms with E-state index in [0.717, 1.165) is 37.6 Å². The van der Waals surface area contributed by atoms with Gasteiger partial charge in [0.15, 0.2) is 0 Å². The summed E-state index contributed by atoms with van der Waals surface area (Å²) in [6.45, 7) is 6.14. The van der Waals surface area contributed by atoms with Crippen molar-refractivity contribution in [3.63, 3.8) is 0 Å². The Labute approximate surface area is 126 Å². The predicted molar refractivity (Wildman–Crippen MR) is 83.6 cm³/mol. The topological polar surface area (TPSA) is 24.5 Å². The fourth-order valence-electron chi connectivity index (χ4n) is 3.22. The molecule has 0 radical (unpaired) electrons. The Morgan fingerprint density at radius 2 is 2.05 bits per heavy atom. The number of halogens is 1. The summed E-state index contributed by atoms with van der Waals surface area (Å²) in [6.07, 6.45) is 4.40. The van der Waals surface area contributed by atoms with Crippen LogP contribution in [-0.4, -0.2) is 31.8 Å². The quantitative estimate of drug-likeness (QED) is 0.844. The number of morpholine rings is 1. The Morgan fingerprint density at radius 1 is 1.30 bits per heavy atom. The molecule has 110 valence electrons. The van der Waals surface area contributed by atoms with Crippen LogP contribution < -0.4 is 10.2 Å². The third-order valence-electron chi connectivity index (χ3n) is 4.17. The second-order valence-corrected chi connectivity index (χ2v) is 6.25. The van der Waals surface area contributed by atoms with Crippen LogP contribution in [0.1, 0.15) is 31.7 Å². The maximum Gasteiger partial charge on any atom is 0.0755 e. The van der Waals surface area contributed by atoms with Crippen LogP contribution in [0.3, 0.4) is 0 Å². The molecule has 4 heteroatoms. The van der Waals surface area contributed by atoms with E-state index >= 15 is 0 Å². The molecule has 0 saturated carbocycles. The molecule has 2 fully saturated rings.